The third kappa shape index (κ3) is 3.78. The van der Waals surface area contributed by atoms with E-state index in [1.807, 2.05) is 59.5 Å². The normalized spacial score (nSPS) is 15.9. The Kier molecular flexibility index (Phi) is 5.40. The minimum atomic E-state index is 0.0221. The highest BCUT2D eigenvalue weighted by Gasteiger charge is 2.28. The molecule has 3 nitrogen and oxygen atoms in total. The van der Waals surface area contributed by atoms with E-state index in [-0.39, 0.29) is 30.6 Å². The maximum Gasteiger partial charge on any atom is 0.223 e. The van der Waals surface area contributed by atoms with E-state index in [0.29, 0.717) is 5.56 Å². The van der Waals surface area contributed by atoms with Gasteiger partial charge in [0.1, 0.15) is 0 Å². The van der Waals surface area contributed by atoms with Crippen molar-refractivity contribution in [3.05, 3.63) is 82.0 Å². The molecule has 4 heteroatoms. The van der Waals surface area contributed by atoms with Crippen LogP contribution in [0.15, 0.2) is 66.0 Å². The molecule has 0 spiro atoms. The molecule has 0 saturated heterocycles. The molecule has 28 heavy (non-hydrogen) atoms. The maximum absolute atomic E-state index is 12.7. The number of carbonyl (C=O) groups is 2. The first-order chi connectivity index (χ1) is 13.6. The van der Waals surface area contributed by atoms with Crippen molar-refractivity contribution < 1.29 is 9.59 Å². The molecule has 2 heterocycles. The molecule has 0 fully saturated rings. The topological polar surface area (TPSA) is 37.4 Å². The van der Waals surface area contributed by atoms with Crippen LogP contribution in [0.2, 0.25) is 0 Å². The average molecular weight is 390 g/mol. The van der Waals surface area contributed by atoms with Crippen molar-refractivity contribution in [1.29, 1.82) is 0 Å². The third-order valence-electron chi connectivity index (χ3n) is 5.48. The summed E-state index contributed by atoms with van der Waals surface area (Å²) in [7, 11) is 0. The van der Waals surface area contributed by atoms with Crippen molar-refractivity contribution in [3.63, 3.8) is 0 Å². The van der Waals surface area contributed by atoms with E-state index in [0.717, 1.165) is 24.1 Å². The van der Waals surface area contributed by atoms with Crippen molar-refractivity contribution in [1.82, 2.24) is 4.90 Å². The number of carbonyl (C=O) groups excluding carboxylic acids is 2. The van der Waals surface area contributed by atoms with Gasteiger partial charge in [-0.1, -0.05) is 54.6 Å². The van der Waals surface area contributed by atoms with Crippen LogP contribution in [-0.4, -0.2) is 23.1 Å². The van der Waals surface area contributed by atoms with Crippen molar-refractivity contribution in [2.75, 3.05) is 6.54 Å². The van der Waals surface area contributed by atoms with Gasteiger partial charge in [-0.3, -0.25) is 9.59 Å². The van der Waals surface area contributed by atoms with E-state index < -0.39 is 0 Å². The molecule has 3 aromatic rings. The predicted molar refractivity (Wildman–Crippen MR) is 114 cm³/mol. The zero-order chi connectivity index (χ0) is 19.5. The largest absolute Gasteiger partial charge is 0.336 e. The van der Waals surface area contributed by atoms with Gasteiger partial charge in [0.2, 0.25) is 5.91 Å². The lowest BCUT2D eigenvalue weighted by atomic mass is 9.99. The van der Waals surface area contributed by atoms with E-state index >= 15 is 0 Å². The molecule has 4 rings (SSSR count). The Labute approximate surface area is 169 Å². The Morgan fingerprint density at radius 1 is 0.964 bits per heavy atom. The standard InChI is InChI=1S/C24H23NO2S/c1-17-21-14-16-28-23(21)13-15-25(17)24(27)12-11-22(26)20-9-7-19(8-10-20)18-5-3-2-4-6-18/h2-10,14,16-17H,11-13,15H2,1H3/t17-/m1/s1. The lowest BCUT2D eigenvalue weighted by molar-refractivity contribution is -0.133. The number of hydrogen-bond donors (Lipinski definition) is 0. The van der Waals surface area contributed by atoms with Crippen molar-refractivity contribution in [2.45, 2.75) is 32.2 Å². The lowest BCUT2D eigenvalue weighted by Gasteiger charge is -2.33. The lowest BCUT2D eigenvalue weighted by Crippen LogP contribution is -2.38. The summed E-state index contributed by atoms with van der Waals surface area (Å²) >= 11 is 1.77. The Balaban J connectivity index is 1.36. The Hall–Kier alpha value is -2.72. The second-order valence-corrected chi connectivity index (χ2v) is 8.18. The first kappa shape index (κ1) is 18.6. The number of Topliss-reactive ketones (excluding diaryl/α,β-unsaturated/α-hetero) is 1. The summed E-state index contributed by atoms with van der Waals surface area (Å²) < 4.78 is 0. The molecular weight excluding hydrogens is 366 g/mol. The van der Waals surface area contributed by atoms with Gasteiger partial charge in [0.05, 0.1) is 6.04 Å². The van der Waals surface area contributed by atoms with E-state index in [2.05, 4.69) is 18.4 Å². The molecule has 1 atom stereocenters. The van der Waals surface area contributed by atoms with Crippen LogP contribution in [0.25, 0.3) is 11.1 Å². The number of amides is 1. The fraction of sp³-hybridized carbons (Fsp3) is 0.250. The van der Waals surface area contributed by atoms with Crippen molar-refractivity contribution >= 4 is 23.0 Å². The van der Waals surface area contributed by atoms with Crippen LogP contribution in [0.4, 0.5) is 0 Å². The Morgan fingerprint density at radius 3 is 2.43 bits per heavy atom. The highest BCUT2D eigenvalue weighted by Crippen LogP contribution is 2.33. The molecule has 0 aliphatic carbocycles. The van der Waals surface area contributed by atoms with Crippen LogP contribution >= 0.6 is 11.3 Å². The Bertz CT molecular complexity index is 975. The molecule has 1 aromatic heterocycles. The van der Waals surface area contributed by atoms with Crippen molar-refractivity contribution in [3.8, 4) is 11.1 Å². The summed E-state index contributed by atoms with van der Waals surface area (Å²) in [5.74, 6) is 0.0902. The zero-order valence-corrected chi connectivity index (χ0v) is 16.7. The van der Waals surface area contributed by atoms with Crippen LogP contribution in [-0.2, 0) is 11.2 Å². The van der Waals surface area contributed by atoms with Gasteiger partial charge in [0, 0.05) is 29.8 Å². The quantitative estimate of drug-likeness (QED) is 0.539. The number of fused-ring (bicyclic) bond motifs is 1. The fourth-order valence-corrected chi connectivity index (χ4v) is 4.80. The van der Waals surface area contributed by atoms with E-state index in [1.54, 1.807) is 11.3 Å². The number of rotatable bonds is 5. The van der Waals surface area contributed by atoms with Crippen LogP contribution < -0.4 is 0 Å². The SMILES string of the molecule is C[C@@H]1c2ccsc2CCN1C(=O)CCC(=O)c1ccc(-c2ccccc2)cc1. The highest BCUT2D eigenvalue weighted by molar-refractivity contribution is 7.10. The number of nitrogens with zero attached hydrogens (tertiary/aromatic N) is 1. The van der Waals surface area contributed by atoms with Gasteiger partial charge >= 0.3 is 0 Å². The summed E-state index contributed by atoms with van der Waals surface area (Å²) in [5, 5.41) is 2.10. The summed E-state index contributed by atoms with van der Waals surface area (Å²) in [6, 6.07) is 20.0. The van der Waals surface area contributed by atoms with E-state index in [1.165, 1.54) is 10.4 Å². The highest BCUT2D eigenvalue weighted by atomic mass is 32.1. The van der Waals surface area contributed by atoms with E-state index in [4.69, 9.17) is 0 Å². The molecule has 1 aliphatic heterocycles. The van der Waals surface area contributed by atoms with Crippen LogP contribution in [0.1, 0.15) is 46.6 Å². The summed E-state index contributed by atoms with van der Waals surface area (Å²) in [6.45, 7) is 2.82. The average Bonchev–Trinajstić information content (AvgIpc) is 3.23. The summed E-state index contributed by atoms with van der Waals surface area (Å²) in [4.78, 5) is 28.5. The second-order valence-electron chi connectivity index (χ2n) is 7.18. The molecule has 2 aromatic carbocycles. The van der Waals surface area contributed by atoms with Gasteiger partial charge in [0.15, 0.2) is 5.78 Å². The minimum absolute atomic E-state index is 0.0221. The fourth-order valence-electron chi connectivity index (χ4n) is 3.84. The molecule has 1 amide bonds. The molecule has 0 bridgehead atoms. The monoisotopic (exact) mass is 389 g/mol. The Morgan fingerprint density at radius 2 is 1.68 bits per heavy atom. The zero-order valence-electron chi connectivity index (χ0n) is 15.9. The predicted octanol–water partition coefficient (Wildman–Crippen LogP) is 5.52. The van der Waals surface area contributed by atoms with Crippen molar-refractivity contribution in [2.24, 2.45) is 0 Å². The van der Waals surface area contributed by atoms with Gasteiger partial charge in [-0.05, 0) is 41.5 Å². The number of ketones is 1. The van der Waals surface area contributed by atoms with Crippen LogP contribution in [0.5, 0.6) is 0 Å². The first-order valence-corrected chi connectivity index (χ1v) is 10.6. The van der Waals surface area contributed by atoms with Gasteiger partial charge in [-0.25, -0.2) is 0 Å². The van der Waals surface area contributed by atoms with Crippen LogP contribution in [0, 0.1) is 0 Å². The number of thiophene rings is 1. The summed E-state index contributed by atoms with van der Waals surface area (Å²) in [5.41, 5.74) is 4.14. The third-order valence-corrected chi connectivity index (χ3v) is 6.47. The number of benzene rings is 2. The molecule has 1 aliphatic rings. The minimum Gasteiger partial charge on any atom is -0.336 e. The van der Waals surface area contributed by atoms with Gasteiger partial charge in [-0.2, -0.15) is 0 Å². The van der Waals surface area contributed by atoms with Gasteiger partial charge < -0.3 is 4.90 Å². The smallest absolute Gasteiger partial charge is 0.223 e. The molecule has 142 valence electrons. The molecule has 0 unspecified atom stereocenters. The molecule has 0 saturated carbocycles. The van der Waals surface area contributed by atoms with Crippen LogP contribution in [0.3, 0.4) is 0 Å². The molecular formula is C24H23NO2S. The summed E-state index contributed by atoms with van der Waals surface area (Å²) in [6.07, 6.45) is 1.43. The molecule has 0 N–H and O–H groups in total. The second kappa shape index (κ2) is 8.11. The van der Waals surface area contributed by atoms with E-state index in [9.17, 15) is 9.59 Å². The molecule has 0 radical (unpaired) electrons. The maximum atomic E-state index is 12.7. The van der Waals surface area contributed by atoms with Gasteiger partial charge in [0.25, 0.3) is 0 Å². The number of hydrogen-bond acceptors (Lipinski definition) is 3. The first-order valence-electron chi connectivity index (χ1n) is 9.68. The van der Waals surface area contributed by atoms with Gasteiger partial charge in [-0.15, -0.1) is 11.3 Å².